The summed E-state index contributed by atoms with van der Waals surface area (Å²) in [6.45, 7) is 3.37. The van der Waals surface area contributed by atoms with Crippen molar-refractivity contribution >= 4 is 10.0 Å². The van der Waals surface area contributed by atoms with Crippen LogP contribution in [0.5, 0.6) is 0 Å². The van der Waals surface area contributed by atoms with Crippen LogP contribution < -0.4 is 10.1 Å². The van der Waals surface area contributed by atoms with Gasteiger partial charge in [-0.25, -0.2) is 13.4 Å². The van der Waals surface area contributed by atoms with Gasteiger partial charge in [-0.2, -0.15) is 5.10 Å². The second kappa shape index (κ2) is 6.10. The van der Waals surface area contributed by atoms with E-state index in [9.17, 15) is 8.42 Å². The second-order valence-corrected chi connectivity index (χ2v) is 5.49. The zero-order chi connectivity index (χ0) is 12.9. The average Bonchev–Trinajstić information content (AvgIpc) is 2.65. The van der Waals surface area contributed by atoms with E-state index in [1.807, 2.05) is 6.92 Å². The molecule has 1 aromatic heterocycles. The lowest BCUT2D eigenvalue weighted by molar-refractivity contribution is 0.363. The van der Waals surface area contributed by atoms with Crippen LogP contribution in [0.4, 0.5) is 0 Å². The largest absolute Gasteiger partial charge is 0.313 e. The number of nitrogens with one attached hydrogen (secondary N) is 3. The van der Waals surface area contributed by atoms with Gasteiger partial charge in [0.1, 0.15) is 0 Å². The third-order valence-corrected chi connectivity index (χ3v) is 3.49. The van der Waals surface area contributed by atoms with Gasteiger partial charge in [0, 0.05) is 26.2 Å². The molecule has 0 spiro atoms. The van der Waals surface area contributed by atoms with Crippen LogP contribution in [0.1, 0.15) is 18.9 Å². The van der Waals surface area contributed by atoms with Crippen molar-refractivity contribution in [2.24, 2.45) is 0 Å². The molecule has 0 amide bonds. The highest BCUT2D eigenvalue weighted by Crippen LogP contribution is 2.11. The monoisotopic (exact) mass is 261 g/mol. The Bertz CT molecular complexity index is 440. The maximum atomic E-state index is 11.9. The number of aromatic nitrogens is 2. The summed E-state index contributed by atoms with van der Waals surface area (Å²) in [6, 6.07) is 0. The summed E-state index contributed by atoms with van der Waals surface area (Å²) in [5, 5.41) is 10.9. The Hall–Kier alpha value is -0.960. The van der Waals surface area contributed by atoms with Gasteiger partial charge in [0.25, 0.3) is 10.0 Å². The Labute approximate surface area is 102 Å². The third-order valence-electron chi connectivity index (χ3n) is 1.99. The first-order valence-corrected chi connectivity index (χ1v) is 6.88. The van der Waals surface area contributed by atoms with Crippen molar-refractivity contribution in [2.75, 3.05) is 20.6 Å². The molecule has 8 heteroatoms. The normalized spacial score (nSPS) is 12.2. The molecule has 0 aliphatic heterocycles. The molecule has 0 fully saturated rings. The molecular weight excluding hydrogens is 242 g/mol. The lowest BCUT2D eigenvalue weighted by Gasteiger charge is -2.12. The Kier molecular flexibility index (Phi) is 5.06. The molecule has 7 nitrogen and oxygen atoms in total. The molecule has 1 aromatic rings. The van der Waals surface area contributed by atoms with Crippen molar-refractivity contribution in [1.82, 2.24) is 25.4 Å². The average molecular weight is 261 g/mol. The Morgan fingerprint density at radius 1 is 1.47 bits per heavy atom. The molecule has 1 rings (SSSR count). The van der Waals surface area contributed by atoms with Gasteiger partial charge in [-0.1, -0.05) is 6.92 Å². The van der Waals surface area contributed by atoms with Gasteiger partial charge in [-0.3, -0.25) is 5.10 Å². The van der Waals surface area contributed by atoms with E-state index < -0.39 is 10.0 Å². The Balaban J connectivity index is 2.80. The summed E-state index contributed by atoms with van der Waals surface area (Å²) in [4.78, 5) is 2.36. The smallest absolute Gasteiger partial charge is 0.270 e. The molecule has 0 saturated heterocycles. The van der Waals surface area contributed by atoms with E-state index in [2.05, 4.69) is 20.3 Å². The minimum atomic E-state index is -3.57. The summed E-state index contributed by atoms with van der Waals surface area (Å²) in [5.41, 5.74) is 0.632. The Morgan fingerprint density at radius 3 is 2.76 bits per heavy atom. The van der Waals surface area contributed by atoms with Crippen molar-refractivity contribution in [1.29, 1.82) is 0 Å². The fraction of sp³-hybridized carbons (Fsp3) is 0.667. The minimum absolute atomic E-state index is 0.106. The summed E-state index contributed by atoms with van der Waals surface area (Å²) >= 11 is 0. The minimum Gasteiger partial charge on any atom is -0.313 e. The van der Waals surface area contributed by atoms with E-state index >= 15 is 0 Å². The van der Waals surface area contributed by atoms with Crippen molar-refractivity contribution in [3.63, 3.8) is 0 Å². The van der Waals surface area contributed by atoms with Crippen LogP contribution in [0.15, 0.2) is 11.2 Å². The van der Waals surface area contributed by atoms with Crippen LogP contribution in [0.25, 0.3) is 0 Å². The predicted molar refractivity (Wildman–Crippen MR) is 64.6 cm³/mol. The molecule has 0 bridgehead atoms. The van der Waals surface area contributed by atoms with Crippen LogP contribution in [0, 0.1) is 0 Å². The highest BCUT2D eigenvalue weighted by atomic mass is 32.2. The molecule has 98 valence electrons. The molecule has 1 heterocycles. The molecule has 0 unspecified atom stereocenters. The van der Waals surface area contributed by atoms with Crippen LogP contribution in [-0.2, 0) is 16.6 Å². The topological polar surface area (TPSA) is 90.1 Å². The highest BCUT2D eigenvalue weighted by molar-refractivity contribution is 7.89. The number of nitrogens with zero attached hydrogens (tertiary/aromatic N) is 2. The van der Waals surface area contributed by atoms with Crippen LogP contribution >= 0.6 is 0 Å². The number of hydrogen-bond acceptors (Lipinski definition) is 5. The molecular formula is C9H19N5O2S. The molecule has 3 N–H and O–H groups in total. The van der Waals surface area contributed by atoms with Gasteiger partial charge in [-0.05, 0) is 13.0 Å². The first kappa shape index (κ1) is 14.1. The van der Waals surface area contributed by atoms with E-state index in [1.54, 1.807) is 14.1 Å². The fourth-order valence-corrected chi connectivity index (χ4v) is 2.56. The first-order chi connectivity index (χ1) is 7.97. The van der Waals surface area contributed by atoms with Gasteiger partial charge in [0.05, 0.1) is 6.20 Å². The van der Waals surface area contributed by atoms with E-state index in [0.29, 0.717) is 12.1 Å². The first-order valence-electron chi connectivity index (χ1n) is 5.40. The number of H-pyrrole nitrogens is 1. The van der Waals surface area contributed by atoms with Crippen LogP contribution in [0.3, 0.4) is 0 Å². The van der Waals surface area contributed by atoms with Crippen LogP contribution in [0.2, 0.25) is 0 Å². The number of sulfonamides is 1. The number of hydrogen-bond donors (Lipinski definition) is 3. The summed E-state index contributed by atoms with van der Waals surface area (Å²) < 4.78 is 23.8. The van der Waals surface area contributed by atoms with Crippen molar-refractivity contribution < 1.29 is 8.42 Å². The van der Waals surface area contributed by atoms with Gasteiger partial charge in [0.15, 0.2) is 5.03 Å². The van der Waals surface area contributed by atoms with E-state index in [4.69, 9.17) is 0 Å². The number of rotatable bonds is 7. The fourth-order valence-electron chi connectivity index (χ4n) is 1.34. The zero-order valence-corrected chi connectivity index (χ0v) is 11.1. The molecule has 0 aromatic carbocycles. The summed E-state index contributed by atoms with van der Waals surface area (Å²) in [7, 11) is -0.338. The summed E-state index contributed by atoms with van der Waals surface area (Å²) in [5.74, 6) is 0. The lowest BCUT2D eigenvalue weighted by Crippen LogP contribution is -2.36. The zero-order valence-electron chi connectivity index (χ0n) is 10.3. The number of aromatic amines is 1. The number of hydrazine groups is 1. The molecule has 0 saturated carbocycles. The predicted octanol–water partition coefficient (Wildman–Crippen LogP) is -0.336. The molecule has 0 atom stereocenters. The van der Waals surface area contributed by atoms with Gasteiger partial charge in [-0.15, -0.1) is 4.83 Å². The maximum absolute atomic E-state index is 11.9. The van der Waals surface area contributed by atoms with Gasteiger partial charge < -0.3 is 5.32 Å². The molecule has 0 aliphatic rings. The molecule has 0 radical (unpaired) electrons. The highest BCUT2D eigenvalue weighted by Gasteiger charge is 2.20. The van der Waals surface area contributed by atoms with E-state index in [0.717, 1.165) is 13.0 Å². The van der Waals surface area contributed by atoms with Crippen LogP contribution in [-0.4, -0.2) is 44.3 Å². The van der Waals surface area contributed by atoms with Crippen molar-refractivity contribution in [3.05, 3.63) is 11.8 Å². The molecule has 17 heavy (non-hydrogen) atoms. The Morgan fingerprint density at radius 2 is 2.18 bits per heavy atom. The summed E-state index contributed by atoms with van der Waals surface area (Å²) in [6.07, 6.45) is 2.52. The van der Waals surface area contributed by atoms with Crippen molar-refractivity contribution in [2.45, 2.75) is 24.9 Å². The SMILES string of the molecule is CCCNCc1cn[nH]c1S(=O)(=O)NN(C)C. The quantitative estimate of drug-likeness (QED) is 0.462. The maximum Gasteiger partial charge on any atom is 0.270 e. The van der Waals surface area contributed by atoms with Crippen molar-refractivity contribution in [3.8, 4) is 0 Å². The van der Waals surface area contributed by atoms with Gasteiger partial charge >= 0.3 is 0 Å². The van der Waals surface area contributed by atoms with E-state index in [1.165, 1.54) is 11.2 Å². The molecule has 0 aliphatic carbocycles. The standard InChI is InChI=1S/C9H19N5O2S/c1-4-5-10-6-8-7-11-12-9(8)17(15,16)13-14(2)3/h7,10,13H,4-6H2,1-3H3,(H,11,12). The van der Waals surface area contributed by atoms with Gasteiger partial charge in [0.2, 0.25) is 0 Å². The van der Waals surface area contributed by atoms with E-state index in [-0.39, 0.29) is 5.03 Å². The second-order valence-electron chi connectivity index (χ2n) is 3.89. The lowest BCUT2D eigenvalue weighted by atomic mass is 10.3. The third kappa shape index (κ3) is 4.08.